The fraction of sp³-hybridized carbons (Fsp3) is 0.500. The molecular formula is C32H38F6N4OS. The number of fused-ring (bicyclic) bond motifs is 1. The molecule has 0 saturated heterocycles. The number of hydrogen-bond donors (Lipinski definition) is 1. The Labute approximate surface area is 259 Å². The maximum Gasteiger partial charge on any atom is 0.416 e. The fourth-order valence-electron chi connectivity index (χ4n) is 5.77. The number of hydrogen-bond acceptors (Lipinski definition) is 4. The van der Waals surface area contributed by atoms with E-state index in [0.717, 1.165) is 66.3 Å². The van der Waals surface area contributed by atoms with Crippen LogP contribution in [0.15, 0.2) is 36.7 Å². The van der Waals surface area contributed by atoms with Crippen molar-refractivity contribution in [1.29, 1.82) is 0 Å². The minimum atomic E-state index is -4.97. The molecule has 12 heteroatoms. The van der Waals surface area contributed by atoms with Crippen LogP contribution in [-0.4, -0.2) is 34.7 Å². The van der Waals surface area contributed by atoms with Crippen molar-refractivity contribution >= 4 is 35.3 Å². The minimum absolute atomic E-state index is 0.0486. The van der Waals surface area contributed by atoms with Crippen LogP contribution < -0.4 is 20.8 Å². The zero-order chi connectivity index (χ0) is 32.1. The summed E-state index contributed by atoms with van der Waals surface area (Å²) < 4.78 is 87.4. The van der Waals surface area contributed by atoms with Gasteiger partial charge in [-0.05, 0) is 99.3 Å². The highest BCUT2D eigenvalue weighted by Crippen LogP contribution is 2.37. The Morgan fingerprint density at radius 3 is 2.20 bits per heavy atom. The highest BCUT2D eigenvalue weighted by molar-refractivity contribution is 7.80. The summed E-state index contributed by atoms with van der Waals surface area (Å²) in [6, 6.07) is 3.59. The summed E-state index contributed by atoms with van der Waals surface area (Å²) in [7, 11) is 0. The Kier molecular flexibility index (Phi) is 10.9. The molecular weight excluding hydrogens is 602 g/mol. The van der Waals surface area contributed by atoms with Crippen molar-refractivity contribution in [3.8, 4) is 0 Å². The van der Waals surface area contributed by atoms with E-state index in [1.54, 1.807) is 6.92 Å². The van der Waals surface area contributed by atoms with Crippen molar-refractivity contribution in [1.82, 2.24) is 15.2 Å². The van der Waals surface area contributed by atoms with Crippen LogP contribution in [0.25, 0.3) is 12.2 Å². The van der Waals surface area contributed by atoms with Crippen LogP contribution in [0.5, 0.6) is 0 Å². The van der Waals surface area contributed by atoms with E-state index in [9.17, 15) is 26.3 Å². The third-order valence-electron chi connectivity index (χ3n) is 7.88. The Morgan fingerprint density at radius 1 is 0.977 bits per heavy atom. The van der Waals surface area contributed by atoms with Crippen LogP contribution in [0.1, 0.15) is 74.6 Å². The molecule has 0 radical (unpaired) electrons. The van der Waals surface area contributed by atoms with Gasteiger partial charge in [0.05, 0.1) is 23.1 Å². The SMILES string of the molecule is C=C(NC(=S)N(Cc1cc(C(F)(F)F)cc(C(F)(F)F)c1)Cc1cc2c(nc1N(CC)CC1CCCC1)=CCCC=2)OCC. The van der Waals surface area contributed by atoms with E-state index in [-0.39, 0.29) is 42.3 Å². The monoisotopic (exact) mass is 640 g/mol. The standard InChI is InChI=1S/C32H38F6N4OS/c1-4-41(18-22-10-6-7-11-22)29-25(16-24-12-8-9-13-28(24)40-29)20-42(30(44)39-21(3)43-5-2)19-23-14-26(31(33,34)35)17-27(15-23)32(36,37)38/h12-17,22H,3-11,18-20H2,1-2H3,(H,39,44). The van der Waals surface area contributed by atoms with Gasteiger partial charge in [0.25, 0.3) is 0 Å². The largest absolute Gasteiger partial charge is 0.480 e. The van der Waals surface area contributed by atoms with Crippen molar-refractivity contribution in [3.05, 3.63) is 69.5 Å². The molecule has 0 atom stereocenters. The van der Waals surface area contributed by atoms with Crippen molar-refractivity contribution in [2.24, 2.45) is 5.92 Å². The molecule has 2 aliphatic rings. The molecule has 1 N–H and O–H groups in total. The molecule has 0 spiro atoms. The first kappa shape index (κ1) is 33.6. The zero-order valence-electron chi connectivity index (χ0n) is 25.0. The normalized spacial score (nSPS) is 15.2. The summed E-state index contributed by atoms with van der Waals surface area (Å²) in [4.78, 5) is 8.78. The quantitative estimate of drug-likeness (QED) is 0.164. The lowest BCUT2D eigenvalue weighted by Gasteiger charge is -2.31. The van der Waals surface area contributed by atoms with Crippen LogP contribution in [0.3, 0.4) is 0 Å². The van der Waals surface area contributed by atoms with Gasteiger partial charge in [0.15, 0.2) is 11.0 Å². The number of nitrogens with one attached hydrogen (secondary N) is 1. The zero-order valence-corrected chi connectivity index (χ0v) is 25.8. The summed E-state index contributed by atoms with van der Waals surface area (Å²) in [5.41, 5.74) is -2.18. The van der Waals surface area contributed by atoms with E-state index in [0.29, 0.717) is 12.5 Å². The molecule has 240 valence electrons. The third kappa shape index (κ3) is 8.67. The average Bonchev–Trinajstić information content (AvgIpc) is 3.47. The number of aromatic nitrogens is 1. The maximum absolute atomic E-state index is 13.7. The molecule has 0 aliphatic heterocycles. The predicted octanol–water partition coefficient (Wildman–Crippen LogP) is 6.87. The Balaban J connectivity index is 1.78. The summed E-state index contributed by atoms with van der Waals surface area (Å²) >= 11 is 5.63. The second-order valence-electron chi connectivity index (χ2n) is 11.2. The molecule has 1 saturated carbocycles. The van der Waals surface area contributed by atoms with E-state index in [1.165, 1.54) is 17.7 Å². The number of halogens is 6. The Bertz CT molecular complexity index is 1430. The van der Waals surface area contributed by atoms with Gasteiger partial charge in [-0.1, -0.05) is 25.0 Å². The number of thiocarbonyl (C=S) groups is 1. The van der Waals surface area contributed by atoms with Crippen LogP contribution >= 0.6 is 12.2 Å². The van der Waals surface area contributed by atoms with Crippen molar-refractivity contribution in [2.45, 2.75) is 77.8 Å². The first-order valence-corrected chi connectivity index (χ1v) is 15.3. The maximum atomic E-state index is 13.7. The van der Waals surface area contributed by atoms with Gasteiger partial charge in [0, 0.05) is 31.7 Å². The van der Waals surface area contributed by atoms with Crippen LogP contribution in [0, 0.1) is 5.92 Å². The Hall–Kier alpha value is -3.28. The highest BCUT2D eigenvalue weighted by atomic mass is 32.1. The Morgan fingerprint density at radius 2 is 1.61 bits per heavy atom. The molecule has 5 nitrogen and oxygen atoms in total. The molecule has 44 heavy (non-hydrogen) atoms. The molecule has 4 rings (SSSR count). The predicted molar refractivity (Wildman–Crippen MR) is 164 cm³/mol. The molecule has 1 heterocycles. The summed E-state index contributed by atoms with van der Waals surface area (Å²) in [5.74, 6) is 1.38. The number of alkyl halides is 6. The van der Waals surface area contributed by atoms with Gasteiger partial charge in [-0.3, -0.25) is 0 Å². The molecule has 0 unspecified atom stereocenters. The molecule has 0 bridgehead atoms. The second kappa shape index (κ2) is 14.2. The number of ether oxygens (including phenoxy) is 1. The third-order valence-corrected chi connectivity index (χ3v) is 8.24. The topological polar surface area (TPSA) is 40.6 Å². The second-order valence-corrected chi connectivity index (χ2v) is 11.6. The number of nitrogens with zero attached hydrogens (tertiary/aromatic N) is 3. The summed E-state index contributed by atoms with van der Waals surface area (Å²) in [6.45, 7) is 9.10. The lowest BCUT2D eigenvalue weighted by Crippen LogP contribution is -2.41. The van der Waals surface area contributed by atoms with Gasteiger partial charge in [-0.15, -0.1) is 0 Å². The first-order valence-electron chi connectivity index (χ1n) is 14.9. The van der Waals surface area contributed by atoms with E-state index in [2.05, 4.69) is 28.9 Å². The van der Waals surface area contributed by atoms with Crippen molar-refractivity contribution < 1.29 is 31.1 Å². The molecule has 1 aromatic heterocycles. The van der Waals surface area contributed by atoms with Gasteiger partial charge in [0.2, 0.25) is 0 Å². The first-order chi connectivity index (χ1) is 20.8. The average molecular weight is 641 g/mol. The minimum Gasteiger partial charge on any atom is -0.480 e. The van der Waals surface area contributed by atoms with Crippen molar-refractivity contribution in [3.63, 3.8) is 0 Å². The summed E-state index contributed by atoms with van der Waals surface area (Å²) in [5, 5.41) is 4.69. The van der Waals surface area contributed by atoms with Gasteiger partial charge < -0.3 is 19.9 Å². The van der Waals surface area contributed by atoms with Crippen LogP contribution in [-0.2, 0) is 30.2 Å². The summed E-state index contributed by atoms with van der Waals surface area (Å²) in [6.07, 6.45) is 0.583. The smallest absolute Gasteiger partial charge is 0.416 e. The molecule has 1 fully saturated rings. The number of anilines is 1. The van der Waals surface area contributed by atoms with Gasteiger partial charge in [-0.25, -0.2) is 4.98 Å². The number of pyridine rings is 1. The van der Waals surface area contributed by atoms with E-state index < -0.39 is 23.5 Å². The van der Waals surface area contributed by atoms with Crippen LogP contribution in [0.4, 0.5) is 32.2 Å². The van der Waals surface area contributed by atoms with Gasteiger partial charge in [-0.2, -0.15) is 26.3 Å². The van der Waals surface area contributed by atoms with E-state index in [1.807, 2.05) is 13.0 Å². The number of rotatable bonds is 11. The van der Waals surface area contributed by atoms with Gasteiger partial charge >= 0.3 is 12.4 Å². The lowest BCUT2D eigenvalue weighted by atomic mass is 10.0. The lowest BCUT2D eigenvalue weighted by molar-refractivity contribution is -0.143. The number of benzene rings is 1. The molecule has 1 aromatic carbocycles. The van der Waals surface area contributed by atoms with E-state index in [4.69, 9.17) is 21.9 Å². The fourth-order valence-corrected chi connectivity index (χ4v) is 6.01. The highest BCUT2D eigenvalue weighted by Gasteiger charge is 2.37. The molecule has 2 aliphatic carbocycles. The molecule has 2 aromatic rings. The van der Waals surface area contributed by atoms with Crippen molar-refractivity contribution in [2.75, 3.05) is 24.6 Å². The van der Waals surface area contributed by atoms with Gasteiger partial charge in [0.1, 0.15) is 5.82 Å². The van der Waals surface area contributed by atoms with E-state index >= 15 is 0 Å². The van der Waals surface area contributed by atoms with Crippen LogP contribution in [0.2, 0.25) is 0 Å². The molecule has 0 amide bonds.